The molecule has 0 fully saturated rings. The molecule has 0 saturated carbocycles. The summed E-state index contributed by atoms with van der Waals surface area (Å²) >= 11 is 0. The second-order valence-electron chi connectivity index (χ2n) is 6.42. The first-order valence-electron chi connectivity index (χ1n) is 8.35. The predicted molar refractivity (Wildman–Crippen MR) is 114 cm³/mol. The van der Waals surface area contributed by atoms with Gasteiger partial charge in [-0.3, -0.25) is 0 Å². The Hall–Kier alpha value is -1.74. The van der Waals surface area contributed by atoms with Crippen LogP contribution in [0.3, 0.4) is 0 Å². The summed E-state index contributed by atoms with van der Waals surface area (Å²) in [7, 11) is 0. The Morgan fingerprint density at radius 3 is 2.65 bits per heavy atom. The number of guanidine groups is 1. The highest BCUT2D eigenvalue weighted by molar-refractivity contribution is 14.0. The van der Waals surface area contributed by atoms with Crippen LogP contribution in [0.2, 0.25) is 0 Å². The topological polar surface area (TPSA) is 82.9 Å². The van der Waals surface area contributed by atoms with Crippen molar-refractivity contribution in [1.82, 2.24) is 10.6 Å². The van der Waals surface area contributed by atoms with Gasteiger partial charge in [-0.25, -0.2) is 4.99 Å². The van der Waals surface area contributed by atoms with E-state index in [4.69, 9.17) is 8.83 Å². The summed E-state index contributed by atoms with van der Waals surface area (Å²) in [6.07, 6.45) is 2.40. The summed E-state index contributed by atoms with van der Waals surface area (Å²) in [5.41, 5.74) is -0.179. The van der Waals surface area contributed by atoms with Crippen LogP contribution in [-0.2, 0) is 12.0 Å². The fourth-order valence-corrected chi connectivity index (χ4v) is 2.20. The molecule has 0 aliphatic heterocycles. The van der Waals surface area contributed by atoms with Crippen LogP contribution in [0.5, 0.6) is 0 Å². The van der Waals surface area contributed by atoms with Gasteiger partial charge in [-0.05, 0) is 45.0 Å². The van der Waals surface area contributed by atoms with E-state index in [-0.39, 0.29) is 30.5 Å². The molecule has 26 heavy (non-hydrogen) atoms. The summed E-state index contributed by atoms with van der Waals surface area (Å²) in [6, 6.07) is 7.40. The minimum atomic E-state index is -1.17. The van der Waals surface area contributed by atoms with E-state index in [1.54, 1.807) is 19.3 Å². The number of nitrogens with one attached hydrogen (secondary N) is 2. The largest absolute Gasteiger partial charge is 0.469 e. The first-order valence-corrected chi connectivity index (χ1v) is 8.35. The second kappa shape index (κ2) is 10.4. The highest BCUT2D eigenvalue weighted by Gasteiger charge is 2.26. The monoisotopic (exact) mass is 473 g/mol. The van der Waals surface area contributed by atoms with Crippen molar-refractivity contribution in [3.05, 3.63) is 60.0 Å². The average molecular weight is 473 g/mol. The van der Waals surface area contributed by atoms with Crippen molar-refractivity contribution in [1.29, 1.82) is 0 Å². The van der Waals surface area contributed by atoms with Crippen molar-refractivity contribution in [3.8, 4) is 0 Å². The maximum Gasteiger partial charge on any atom is 0.191 e. The van der Waals surface area contributed by atoms with Gasteiger partial charge in [-0.15, -0.1) is 24.0 Å². The number of aliphatic hydroxyl groups is 1. The SMILES string of the molecule is C=C(C)CNC(=NCC(C)(O)c1ccc(C)o1)NCCc1ccco1.I. The van der Waals surface area contributed by atoms with Gasteiger partial charge >= 0.3 is 0 Å². The van der Waals surface area contributed by atoms with E-state index >= 15 is 0 Å². The third-order valence-electron chi connectivity index (χ3n) is 3.62. The molecule has 7 heteroatoms. The van der Waals surface area contributed by atoms with Gasteiger partial charge in [-0.1, -0.05) is 12.2 Å². The Balaban J connectivity index is 0.00000338. The van der Waals surface area contributed by atoms with Crippen molar-refractivity contribution >= 4 is 29.9 Å². The van der Waals surface area contributed by atoms with Crippen LogP contribution in [0.25, 0.3) is 0 Å². The van der Waals surface area contributed by atoms with Crippen LogP contribution in [0.1, 0.15) is 31.1 Å². The van der Waals surface area contributed by atoms with Gasteiger partial charge in [0.25, 0.3) is 0 Å². The number of aryl methyl sites for hydroxylation is 1. The lowest BCUT2D eigenvalue weighted by molar-refractivity contribution is 0.0428. The molecule has 2 aromatic heterocycles. The molecule has 1 atom stereocenters. The van der Waals surface area contributed by atoms with Crippen LogP contribution in [-0.4, -0.2) is 30.7 Å². The first-order chi connectivity index (χ1) is 11.9. The molecule has 0 spiro atoms. The molecule has 2 heterocycles. The van der Waals surface area contributed by atoms with E-state index in [2.05, 4.69) is 22.2 Å². The molecule has 0 bridgehead atoms. The van der Waals surface area contributed by atoms with E-state index in [0.29, 0.717) is 24.8 Å². The highest BCUT2D eigenvalue weighted by atomic mass is 127. The Bertz CT molecular complexity index is 705. The lowest BCUT2D eigenvalue weighted by Gasteiger charge is -2.20. The van der Waals surface area contributed by atoms with Gasteiger partial charge < -0.3 is 24.6 Å². The number of hydrogen-bond donors (Lipinski definition) is 3. The lowest BCUT2D eigenvalue weighted by atomic mass is 10.0. The molecular weight excluding hydrogens is 445 g/mol. The number of rotatable bonds is 8. The third-order valence-corrected chi connectivity index (χ3v) is 3.62. The molecule has 0 aromatic carbocycles. The van der Waals surface area contributed by atoms with Gasteiger partial charge in [0.1, 0.15) is 22.9 Å². The molecule has 3 N–H and O–H groups in total. The van der Waals surface area contributed by atoms with E-state index in [1.165, 1.54) is 0 Å². The molecule has 0 radical (unpaired) electrons. The standard InChI is InChI=1S/C19H27N3O3.HI/c1-14(2)12-21-18(20-10-9-16-6-5-11-24-16)22-13-19(4,23)17-8-7-15(3)25-17;/h5-8,11,23H,1,9-10,12-13H2,2-4H3,(H2,20,21,22);1H. The van der Waals surface area contributed by atoms with Crippen molar-refractivity contribution in [3.63, 3.8) is 0 Å². The van der Waals surface area contributed by atoms with Crippen molar-refractivity contribution in [2.75, 3.05) is 19.6 Å². The molecule has 0 aliphatic rings. The second-order valence-corrected chi connectivity index (χ2v) is 6.42. The van der Waals surface area contributed by atoms with Gasteiger partial charge in [0, 0.05) is 19.5 Å². The van der Waals surface area contributed by atoms with Crippen molar-refractivity contribution < 1.29 is 13.9 Å². The zero-order valence-electron chi connectivity index (χ0n) is 15.5. The Morgan fingerprint density at radius 1 is 1.31 bits per heavy atom. The number of nitrogens with zero attached hydrogens (tertiary/aromatic N) is 1. The molecule has 0 amide bonds. The minimum Gasteiger partial charge on any atom is -0.469 e. The van der Waals surface area contributed by atoms with E-state index < -0.39 is 5.60 Å². The third kappa shape index (κ3) is 7.25. The predicted octanol–water partition coefficient (Wildman–Crippen LogP) is 3.36. The van der Waals surface area contributed by atoms with E-state index in [9.17, 15) is 5.11 Å². The van der Waals surface area contributed by atoms with Crippen LogP contribution in [0.4, 0.5) is 0 Å². The minimum absolute atomic E-state index is 0. The average Bonchev–Trinajstić information content (AvgIpc) is 3.21. The van der Waals surface area contributed by atoms with Crippen molar-refractivity contribution in [2.45, 2.75) is 32.8 Å². The number of furan rings is 2. The molecule has 2 aromatic rings. The number of halogens is 1. The zero-order valence-corrected chi connectivity index (χ0v) is 17.9. The van der Waals surface area contributed by atoms with Gasteiger partial charge in [0.2, 0.25) is 0 Å². The molecule has 6 nitrogen and oxygen atoms in total. The lowest BCUT2D eigenvalue weighted by Crippen LogP contribution is -2.40. The summed E-state index contributed by atoms with van der Waals surface area (Å²) in [5.74, 6) is 2.78. The molecule has 144 valence electrons. The van der Waals surface area contributed by atoms with E-state index in [1.807, 2.05) is 32.0 Å². The van der Waals surface area contributed by atoms with Gasteiger partial charge in [-0.2, -0.15) is 0 Å². The summed E-state index contributed by atoms with van der Waals surface area (Å²) in [5, 5.41) is 17.0. The number of aliphatic imine (C=N–C) groups is 1. The van der Waals surface area contributed by atoms with Crippen LogP contribution >= 0.6 is 24.0 Å². The smallest absolute Gasteiger partial charge is 0.191 e. The number of hydrogen-bond acceptors (Lipinski definition) is 4. The molecular formula is C19H28IN3O3. The fraction of sp³-hybridized carbons (Fsp3) is 0.421. The van der Waals surface area contributed by atoms with E-state index in [0.717, 1.165) is 23.5 Å². The Morgan fingerprint density at radius 2 is 2.08 bits per heavy atom. The normalized spacial score (nSPS) is 13.6. The van der Waals surface area contributed by atoms with Crippen LogP contribution in [0, 0.1) is 6.92 Å². The highest BCUT2D eigenvalue weighted by Crippen LogP contribution is 2.23. The molecule has 2 rings (SSSR count). The quantitative estimate of drug-likeness (QED) is 0.237. The summed E-state index contributed by atoms with van der Waals surface area (Å²) < 4.78 is 10.8. The summed E-state index contributed by atoms with van der Waals surface area (Å²) in [4.78, 5) is 4.48. The maximum absolute atomic E-state index is 10.6. The summed E-state index contributed by atoms with van der Waals surface area (Å²) in [6.45, 7) is 10.8. The van der Waals surface area contributed by atoms with Crippen molar-refractivity contribution in [2.24, 2.45) is 4.99 Å². The Kier molecular flexibility index (Phi) is 8.94. The zero-order chi connectivity index (χ0) is 18.3. The van der Waals surface area contributed by atoms with Gasteiger partial charge in [0.15, 0.2) is 5.96 Å². The Labute approximate surface area is 171 Å². The maximum atomic E-state index is 10.6. The molecule has 1 unspecified atom stereocenters. The fourth-order valence-electron chi connectivity index (χ4n) is 2.20. The molecule has 0 saturated heterocycles. The van der Waals surface area contributed by atoms with Crippen LogP contribution < -0.4 is 10.6 Å². The van der Waals surface area contributed by atoms with Gasteiger partial charge in [0.05, 0.1) is 12.8 Å². The van der Waals surface area contributed by atoms with Crippen LogP contribution in [0.15, 0.2) is 56.5 Å². The molecule has 0 aliphatic carbocycles. The first kappa shape index (κ1) is 22.3.